The number of halogens is 1. The number of esters is 1. The Balaban J connectivity index is 1.66. The fourth-order valence-corrected chi connectivity index (χ4v) is 2.75. The molecule has 3 rings (SSSR count). The second-order valence-electron chi connectivity index (χ2n) is 6.40. The molecule has 2 N–H and O–H groups in total. The number of nitrogens with zero attached hydrogens (tertiary/aromatic N) is 1. The Hall–Kier alpha value is -3.38. The molecular weight excluding hydrogens is 390 g/mol. The van der Waals surface area contributed by atoms with Crippen LogP contribution >= 0.6 is 11.6 Å². The molecular formula is C22H20ClN3O3. The number of hydrogen-bond donors (Lipinski definition) is 2. The molecule has 1 heterocycles. The van der Waals surface area contributed by atoms with Gasteiger partial charge in [0.05, 0.1) is 16.3 Å². The molecule has 0 aliphatic heterocycles. The van der Waals surface area contributed by atoms with Crippen molar-refractivity contribution >= 4 is 40.7 Å². The van der Waals surface area contributed by atoms with Crippen molar-refractivity contribution in [2.24, 2.45) is 0 Å². The number of pyridine rings is 1. The maximum absolute atomic E-state index is 12.5. The van der Waals surface area contributed by atoms with Gasteiger partial charge in [0.25, 0.3) is 5.91 Å². The van der Waals surface area contributed by atoms with E-state index in [0.717, 1.165) is 16.8 Å². The third kappa shape index (κ3) is 5.33. The van der Waals surface area contributed by atoms with Gasteiger partial charge >= 0.3 is 5.97 Å². The number of para-hydroxylation sites is 1. The lowest BCUT2D eigenvalue weighted by Gasteiger charge is -2.14. The molecule has 0 atom stereocenters. The lowest BCUT2D eigenvalue weighted by atomic mass is 10.1. The summed E-state index contributed by atoms with van der Waals surface area (Å²) in [4.78, 5) is 28.5. The highest BCUT2D eigenvalue weighted by Crippen LogP contribution is 2.25. The topological polar surface area (TPSA) is 80.3 Å². The Morgan fingerprint density at radius 2 is 1.76 bits per heavy atom. The fourth-order valence-electron chi connectivity index (χ4n) is 2.64. The Kier molecular flexibility index (Phi) is 6.46. The van der Waals surface area contributed by atoms with Gasteiger partial charge in [0, 0.05) is 11.9 Å². The van der Waals surface area contributed by atoms with E-state index in [2.05, 4.69) is 15.6 Å². The van der Waals surface area contributed by atoms with Gasteiger partial charge in [0.2, 0.25) is 0 Å². The first kappa shape index (κ1) is 20.4. The van der Waals surface area contributed by atoms with Gasteiger partial charge in [-0.2, -0.15) is 0 Å². The summed E-state index contributed by atoms with van der Waals surface area (Å²) in [6.45, 7) is 3.60. The van der Waals surface area contributed by atoms with Crippen LogP contribution in [0.25, 0.3) is 0 Å². The first-order valence-electron chi connectivity index (χ1n) is 8.95. The van der Waals surface area contributed by atoms with Gasteiger partial charge in [0.1, 0.15) is 5.82 Å². The number of ether oxygens (including phenoxy) is 1. The largest absolute Gasteiger partial charge is 0.452 e. The zero-order valence-corrected chi connectivity index (χ0v) is 16.8. The minimum atomic E-state index is -0.599. The highest BCUT2D eigenvalue weighted by Gasteiger charge is 2.15. The molecule has 3 aromatic rings. The van der Waals surface area contributed by atoms with Gasteiger partial charge in [-0.3, -0.25) is 4.79 Å². The SMILES string of the molecule is Cc1cccc(Nc2ccccc2C(=O)OCC(=O)Nc2ccc(Cl)cn2)c1C. The average molecular weight is 410 g/mol. The molecule has 7 heteroatoms. The average Bonchev–Trinajstić information content (AvgIpc) is 2.72. The van der Waals surface area contributed by atoms with Crippen LogP contribution in [0.4, 0.5) is 17.2 Å². The van der Waals surface area contributed by atoms with Crippen molar-refractivity contribution in [3.05, 3.63) is 82.5 Å². The van der Waals surface area contributed by atoms with Crippen molar-refractivity contribution < 1.29 is 14.3 Å². The molecule has 0 saturated heterocycles. The number of amides is 1. The Labute approximate surface area is 173 Å². The minimum Gasteiger partial charge on any atom is -0.452 e. The van der Waals surface area contributed by atoms with Crippen LogP contribution in [0.1, 0.15) is 21.5 Å². The van der Waals surface area contributed by atoms with Crippen LogP contribution < -0.4 is 10.6 Å². The normalized spacial score (nSPS) is 10.3. The van der Waals surface area contributed by atoms with Gasteiger partial charge in [-0.25, -0.2) is 9.78 Å². The van der Waals surface area contributed by atoms with E-state index in [0.29, 0.717) is 22.1 Å². The van der Waals surface area contributed by atoms with E-state index in [1.165, 1.54) is 6.20 Å². The van der Waals surface area contributed by atoms with Crippen LogP contribution in [-0.2, 0) is 9.53 Å². The monoisotopic (exact) mass is 409 g/mol. The molecule has 148 valence electrons. The molecule has 0 aliphatic carbocycles. The first-order valence-corrected chi connectivity index (χ1v) is 9.32. The molecule has 1 amide bonds. The zero-order chi connectivity index (χ0) is 20.8. The summed E-state index contributed by atoms with van der Waals surface area (Å²) >= 11 is 5.76. The van der Waals surface area contributed by atoms with E-state index in [-0.39, 0.29) is 0 Å². The van der Waals surface area contributed by atoms with Crippen molar-refractivity contribution in [3.63, 3.8) is 0 Å². The van der Waals surface area contributed by atoms with Crippen LogP contribution in [0.5, 0.6) is 0 Å². The fraction of sp³-hybridized carbons (Fsp3) is 0.136. The predicted molar refractivity (Wildman–Crippen MR) is 114 cm³/mol. The zero-order valence-electron chi connectivity index (χ0n) is 16.0. The van der Waals surface area contributed by atoms with Crippen molar-refractivity contribution in [1.29, 1.82) is 0 Å². The number of carbonyl (C=O) groups excluding carboxylic acids is 2. The van der Waals surface area contributed by atoms with Gasteiger partial charge in [-0.1, -0.05) is 35.9 Å². The minimum absolute atomic E-state index is 0.326. The van der Waals surface area contributed by atoms with Gasteiger partial charge in [0.15, 0.2) is 6.61 Å². The summed E-state index contributed by atoms with van der Waals surface area (Å²) in [5.74, 6) is -0.766. The molecule has 0 saturated carbocycles. The van der Waals surface area contributed by atoms with Crippen LogP contribution in [0, 0.1) is 13.8 Å². The van der Waals surface area contributed by atoms with E-state index in [9.17, 15) is 9.59 Å². The summed E-state index contributed by atoms with van der Waals surface area (Å²) in [6, 6.07) is 16.1. The number of carbonyl (C=O) groups is 2. The number of anilines is 3. The van der Waals surface area contributed by atoms with Crippen molar-refractivity contribution in [1.82, 2.24) is 4.98 Å². The van der Waals surface area contributed by atoms with Gasteiger partial charge < -0.3 is 15.4 Å². The van der Waals surface area contributed by atoms with E-state index in [4.69, 9.17) is 16.3 Å². The molecule has 0 radical (unpaired) electrons. The summed E-state index contributed by atoms with van der Waals surface area (Å²) in [5.41, 5.74) is 4.07. The van der Waals surface area contributed by atoms with Gasteiger partial charge in [-0.05, 0) is 55.3 Å². The number of aryl methyl sites for hydroxylation is 1. The number of benzene rings is 2. The lowest BCUT2D eigenvalue weighted by molar-refractivity contribution is -0.119. The van der Waals surface area contributed by atoms with Crippen molar-refractivity contribution in [3.8, 4) is 0 Å². The highest BCUT2D eigenvalue weighted by atomic mass is 35.5. The summed E-state index contributed by atoms with van der Waals surface area (Å²) in [6.07, 6.45) is 1.42. The van der Waals surface area contributed by atoms with Gasteiger partial charge in [-0.15, -0.1) is 0 Å². The molecule has 0 unspecified atom stereocenters. The van der Waals surface area contributed by atoms with E-state index in [1.54, 1.807) is 30.3 Å². The molecule has 0 bridgehead atoms. The van der Waals surface area contributed by atoms with Crippen LogP contribution in [0.15, 0.2) is 60.8 Å². The molecule has 0 fully saturated rings. The Bertz CT molecular complexity index is 1040. The quantitative estimate of drug-likeness (QED) is 0.566. The van der Waals surface area contributed by atoms with E-state index in [1.807, 2.05) is 38.1 Å². The maximum Gasteiger partial charge on any atom is 0.340 e. The third-order valence-electron chi connectivity index (χ3n) is 4.35. The Morgan fingerprint density at radius 3 is 2.52 bits per heavy atom. The smallest absolute Gasteiger partial charge is 0.340 e. The Morgan fingerprint density at radius 1 is 1.00 bits per heavy atom. The molecule has 1 aromatic heterocycles. The second-order valence-corrected chi connectivity index (χ2v) is 6.84. The van der Waals surface area contributed by atoms with Crippen molar-refractivity contribution in [2.45, 2.75) is 13.8 Å². The standard InChI is InChI=1S/C22H20ClN3O3/c1-14-6-5-9-18(15(14)2)25-19-8-4-3-7-17(19)22(28)29-13-21(27)26-20-11-10-16(23)12-24-20/h3-12,25H,13H2,1-2H3,(H,24,26,27). The molecule has 29 heavy (non-hydrogen) atoms. The summed E-state index contributed by atoms with van der Waals surface area (Å²) < 4.78 is 5.17. The molecule has 6 nitrogen and oxygen atoms in total. The number of rotatable bonds is 6. The molecule has 0 aliphatic rings. The van der Waals surface area contributed by atoms with Crippen LogP contribution in [0.3, 0.4) is 0 Å². The number of hydrogen-bond acceptors (Lipinski definition) is 5. The molecule has 2 aromatic carbocycles. The maximum atomic E-state index is 12.5. The van der Waals surface area contributed by atoms with Crippen molar-refractivity contribution in [2.75, 3.05) is 17.2 Å². The number of aromatic nitrogens is 1. The number of nitrogens with one attached hydrogen (secondary N) is 2. The molecule has 0 spiro atoms. The summed E-state index contributed by atoms with van der Waals surface area (Å²) in [5, 5.41) is 6.27. The third-order valence-corrected chi connectivity index (χ3v) is 4.57. The van der Waals surface area contributed by atoms with E-state index < -0.39 is 18.5 Å². The summed E-state index contributed by atoms with van der Waals surface area (Å²) in [7, 11) is 0. The van der Waals surface area contributed by atoms with Crippen LogP contribution in [-0.4, -0.2) is 23.5 Å². The highest BCUT2D eigenvalue weighted by molar-refractivity contribution is 6.30. The van der Waals surface area contributed by atoms with Crippen LogP contribution in [0.2, 0.25) is 5.02 Å². The first-order chi connectivity index (χ1) is 13.9. The second kappa shape index (κ2) is 9.21. The van der Waals surface area contributed by atoms with E-state index >= 15 is 0 Å². The predicted octanol–water partition coefficient (Wildman–Crippen LogP) is 4.89. The lowest BCUT2D eigenvalue weighted by Crippen LogP contribution is -2.21.